The molecule has 0 aliphatic carbocycles. The van der Waals surface area contributed by atoms with Gasteiger partial charge in [0, 0.05) is 29.1 Å². The van der Waals surface area contributed by atoms with Gasteiger partial charge >= 0.3 is 0 Å². The monoisotopic (exact) mass is 471 g/mol. The van der Waals surface area contributed by atoms with Crippen LogP contribution in [0.25, 0.3) is 5.57 Å². The molecular formula is C29H33N3OS. The fourth-order valence-electron chi connectivity index (χ4n) is 4.39. The summed E-state index contributed by atoms with van der Waals surface area (Å²) in [6.07, 6.45) is 2.05. The van der Waals surface area contributed by atoms with Gasteiger partial charge in [0.1, 0.15) is 0 Å². The van der Waals surface area contributed by atoms with Crippen LogP contribution >= 0.6 is 11.9 Å². The maximum Gasteiger partial charge on any atom is 0.253 e. The summed E-state index contributed by atoms with van der Waals surface area (Å²) < 4.78 is 3.58. The number of amides is 1. The van der Waals surface area contributed by atoms with Gasteiger partial charge in [-0.15, -0.1) is 0 Å². The second-order valence-electron chi connectivity index (χ2n) is 8.35. The van der Waals surface area contributed by atoms with E-state index in [1.807, 2.05) is 36.9 Å². The van der Waals surface area contributed by atoms with Crippen LogP contribution in [0.2, 0.25) is 0 Å². The molecule has 0 radical (unpaired) electrons. The Morgan fingerprint density at radius 3 is 2.15 bits per heavy atom. The Morgan fingerprint density at radius 2 is 1.47 bits per heavy atom. The van der Waals surface area contributed by atoms with Crippen molar-refractivity contribution in [2.75, 3.05) is 30.9 Å². The lowest BCUT2D eigenvalue weighted by atomic mass is 9.87. The minimum Gasteiger partial charge on any atom is -0.339 e. The molecule has 2 N–H and O–H groups in total. The van der Waals surface area contributed by atoms with E-state index in [0.717, 1.165) is 55.8 Å². The summed E-state index contributed by atoms with van der Waals surface area (Å²) in [6.45, 7) is 7.46. The number of carbonyl (C=O) groups excluding carboxylic acids is 1. The molecule has 176 valence electrons. The van der Waals surface area contributed by atoms with E-state index in [2.05, 4.69) is 70.7 Å². The van der Waals surface area contributed by atoms with Crippen LogP contribution in [-0.2, 0) is 0 Å². The van der Waals surface area contributed by atoms with Gasteiger partial charge in [-0.2, -0.15) is 0 Å². The number of hydrogen-bond donors (Lipinski definition) is 2. The number of hydrogen-bond acceptors (Lipinski definition) is 4. The van der Waals surface area contributed by atoms with E-state index in [4.69, 9.17) is 0 Å². The minimum atomic E-state index is 0.0916. The third kappa shape index (κ3) is 5.72. The van der Waals surface area contributed by atoms with Crippen molar-refractivity contribution in [1.29, 1.82) is 0 Å². The number of para-hydroxylation sites is 1. The van der Waals surface area contributed by atoms with Gasteiger partial charge in [-0.25, -0.2) is 0 Å². The molecule has 0 unspecified atom stereocenters. The first-order valence-electron chi connectivity index (χ1n) is 12.1. The summed E-state index contributed by atoms with van der Waals surface area (Å²) in [5.41, 5.74) is 6.94. The summed E-state index contributed by atoms with van der Waals surface area (Å²) in [5, 5.41) is 3.48. The first-order valence-corrected chi connectivity index (χ1v) is 12.9. The first-order chi connectivity index (χ1) is 16.7. The molecule has 1 heterocycles. The van der Waals surface area contributed by atoms with Gasteiger partial charge in [0.05, 0.1) is 5.69 Å². The van der Waals surface area contributed by atoms with Crippen molar-refractivity contribution in [3.63, 3.8) is 0 Å². The Bertz CT molecular complexity index is 1110. The standard InChI is InChI=1S/C29H33N3OS/c1-3-32(4-2)29(33)24-16-14-22(15-17-24)28(23-18-20-30-21-19-23)26-12-8-9-13-27(26)31-34-25-10-6-5-7-11-25/h5-17,30-31H,3-4,18-21H2,1-2H3. The van der Waals surface area contributed by atoms with Gasteiger partial charge in [0.15, 0.2) is 0 Å². The third-order valence-electron chi connectivity index (χ3n) is 6.25. The molecule has 34 heavy (non-hydrogen) atoms. The fraction of sp³-hybridized carbons (Fsp3) is 0.276. The number of rotatable bonds is 8. The fourth-order valence-corrected chi connectivity index (χ4v) is 5.09. The lowest BCUT2D eigenvalue weighted by Gasteiger charge is -2.23. The molecule has 4 nitrogen and oxygen atoms in total. The minimum absolute atomic E-state index is 0.0916. The molecule has 3 aromatic rings. The zero-order valence-electron chi connectivity index (χ0n) is 20.0. The summed E-state index contributed by atoms with van der Waals surface area (Å²) in [4.78, 5) is 15.9. The molecule has 0 saturated carbocycles. The lowest BCUT2D eigenvalue weighted by molar-refractivity contribution is 0.0773. The summed E-state index contributed by atoms with van der Waals surface area (Å²) in [7, 11) is 0. The Balaban J connectivity index is 1.69. The van der Waals surface area contributed by atoms with Crippen molar-refractivity contribution < 1.29 is 4.79 Å². The average Bonchev–Trinajstić information content (AvgIpc) is 2.90. The predicted molar refractivity (Wildman–Crippen MR) is 144 cm³/mol. The number of piperidine rings is 1. The van der Waals surface area contributed by atoms with E-state index in [0.29, 0.717) is 0 Å². The van der Waals surface area contributed by atoms with Gasteiger partial charge in [-0.1, -0.05) is 54.1 Å². The largest absolute Gasteiger partial charge is 0.339 e. The molecule has 4 rings (SSSR count). The summed E-state index contributed by atoms with van der Waals surface area (Å²) in [6, 6.07) is 27.1. The predicted octanol–water partition coefficient (Wildman–Crippen LogP) is 6.47. The molecule has 1 aliphatic rings. The van der Waals surface area contributed by atoms with Crippen LogP contribution in [0.1, 0.15) is 48.2 Å². The Kier molecular flexibility index (Phi) is 8.45. The van der Waals surface area contributed by atoms with E-state index in [1.54, 1.807) is 11.9 Å². The van der Waals surface area contributed by atoms with Crippen molar-refractivity contribution in [2.45, 2.75) is 31.6 Å². The van der Waals surface area contributed by atoms with Crippen LogP contribution in [0, 0.1) is 0 Å². The molecule has 0 bridgehead atoms. The number of nitrogens with zero attached hydrogens (tertiary/aromatic N) is 1. The Labute approximate surface area is 207 Å². The van der Waals surface area contributed by atoms with Gasteiger partial charge in [-0.3, -0.25) is 4.79 Å². The Hall–Kier alpha value is -3.02. The van der Waals surface area contributed by atoms with E-state index in [9.17, 15) is 4.79 Å². The summed E-state index contributed by atoms with van der Waals surface area (Å²) >= 11 is 1.63. The van der Waals surface area contributed by atoms with Crippen molar-refractivity contribution in [3.05, 3.63) is 101 Å². The normalized spacial score (nSPS) is 13.4. The molecule has 3 aromatic carbocycles. The van der Waals surface area contributed by atoms with Gasteiger partial charge < -0.3 is 14.9 Å². The highest BCUT2D eigenvalue weighted by atomic mass is 32.2. The number of benzene rings is 3. The van der Waals surface area contributed by atoms with Gasteiger partial charge in [-0.05, 0) is 93.2 Å². The smallest absolute Gasteiger partial charge is 0.253 e. The number of nitrogens with one attached hydrogen (secondary N) is 2. The van der Waals surface area contributed by atoms with Crippen LogP contribution in [0.15, 0.2) is 89.3 Å². The molecule has 0 spiro atoms. The maximum atomic E-state index is 12.8. The average molecular weight is 472 g/mol. The topological polar surface area (TPSA) is 44.4 Å². The second-order valence-corrected chi connectivity index (χ2v) is 9.23. The quantitative estimate of drug-likeness (QED) is 0.369. The highest BCUT2D eigenvalue weighted by Gasteiger charge is 2.19. The molecular weight excluding hydrogens is 438 g/mol. The van der Waals surface area contributed by atoms with E-state index >= 15 is 0 Å². The van der Waals surface area contributed by atoms with Crippen LogP contribution < -0.4 is 10.0 Å². The molecule has 1 fully saturated rings. The third-order valence-corrected chi connectivity index (χ3v) is 7.08. The summed E-state index contributed by atoms with van der Waals surface area (Å²) in [5.74, 6) is 0.0916. The number of carbonyl (C=O) groups is 1. The van der Waals surface area contributed by atoms with Crippen LogP contribution in [0.4, 0.5) is 5.69 Å². The van der Waals surface area contributed by atoms with Gasteiger partial charge in [0.25, 0.3) is 5.91 Å². The molecule has 1 saturated heterocycles. The Morgan fingerprint density at radius 1 is 0.853 bits per heavy atom. The second kappa shape index (κ2) is 11.9. The zero-order chi connectivity index (χ0) is 23.8. The molecule has 0 atom stereocenters. The highest BCUT2D eigenvalue weighted by Crippen LogP contribution is 2.37. The first kappa shape index (κ1) is 24.1. The van der Waals surface area contributed by atoms with Crippen LogP contribution in [0.5, 0.6) is 0 Å². The molecule has 5 heteroatoms. The maximum absolute atomic E-state index is 12.8. The molecule has 0 aromatic heterocycles. The van der Waals surface area contributed by atoms with Crippen molar-refractivity contribution in [3.8, 4) is 0 Å². The lowest BCUT2D eigenvalue weighted by Crippen LogP contribution is -2.30. The van der Waals surface area contributed by atoms with Gasteiger partial charge in [0.2, 0.25) is 0 Å². The van der Waals surface area contributed by atoms with Crippen molar-refractivity contribution >= 4 is 29.1 Å². The van der Waals surface area contributed by atoms with Crippen molar-refractivity contribution in [1.82, 2.24) is 10.2 Å². The molecule has 1 aliphatic heterocycles. The zero-order valence-corrected chi connectivity index (χ0v) is 20.8. The SMILES string of the molecule is CCN(CC)C(=O)c1ccc(C(=C2CCNCC2)c2ccccc2NSc2ccccc2)cc1. The van der Waals surface area contributed by atoms with E-state index in [-0.39, 0.29) is 5.91 Å². The molecule has 1 amide bonds. The van der Waals surface area contributed by atoms with Crippen LogP contribution in [-0.4, -0.2) is 37.0 Å². The van der Waals surface area contributed by atoms with Crippen LogP contribution in [0.3, 0.4) is 0 Å². The van der Waals surface area contributed by atoms with E-state index in [1.165, 1.54) is 21.6 Å². The number of anilines is 1. The highest BCUT2D eigenvalue weighted by molar-refractivity contribution is 8.00. The van der Waals surface area contributed by atoms with Crippen molar-refractivity contribution in [2.24, 2.45) is 0 Å². The van der Waals surface area contributed by atoms with E-state index < -0.39 is 0 Å².